The molecule has 270 valence electrons. The molecule has 0 saturated carbocycles. The molecule has 0 N–H and O–H groups in total. The highest BCUT2D eigenvalue weighted by atomic mass is 16.3. The Hall–Kier alpha value is -7.43. The molecule has 0 spiro atoms. The summed E-state index contributed by atoms with van der Waals surface area (Å²) >= 11 is 0. The number of furan rings is 1. The van der Waals surface area contributed by atoms with Crippen LogP contribution in [-0.4, -0.2) is 15.0 Å². The second-order valence-corrected chi connectivity index (χ2v) is 14.3. The summed E-state index contributed by atoms with van der Waals surface area (Å²) in [4.78, 5) is 15.5. The SMILES string of the molecule is C.c1ccc(-c2cccc(-c3nc(-c4ccccc4)nc(-c4cccc5oc6ccc(C7(c8ccccc8)c8ccccc8-c8ccccc87)cc6c45)n3)c2)cc1. The van der Waals surface area contributed by atoms with Crippen molar-refractivity contribution in [3.63, 3.8) is 0 Å². The van der Waals surface area contributed by atoms with E-state index in [0.29, 0.717) is 17.5 Å². The summed E-state index contributed by atoms with van der Waals surface area (Å²) in [5.74, 6) is 1.81. The van der Waals surface area contributed by atoms with Crippen molar-refractivity contribution < 1.29 is 4.42 Å². The maximum Gasteiger partial charge on any atom is 0.164 e. The van der Waals surface area contributed by atoms with Crippen LogP contribution in [0.2, 0.25) is 0 Å². The summed E-state index contributed by atoms with van der Waals surface area (Å²) in [6.07, 6.45) is 0. The molecule has 0 amide bonds. The average Bonchev–Trinajstić information content (AvgIpc) is 3.81. The molecule has 57 heavy (non-hydrogen) atoms. The number of hydrogen-bond acceptors (Lipinski definition) is 4. The maximum absolute atomic E-state index is 6.63. The van der Waals surface area contributed by atoms with E-state index in [0.717, 1.165) is 49.8 Å². The first-order chi connectivity index (χ1) is 27.8. The van der Waals surface area contributed by atoms with E-state index in [-0.39, 0.29) is 7.43 Å². The lowest BCUT2D eigenvalue weighted by atomic mass is 9.67. The van der Waals surface area contributed by atoms with Crippen molar-refractivity contribution in [2.75, 3.05) is 0 Å². The van der Waals surface area contributed by atoms with Gasteiger partial charge in [-0.3, -0.25) is 0 Å². The molecule has 0 aliphatic heterocycles. The number of rotatable bonds is 6. The van der Waals surface area contributed by atoms with Gasteiger partial charge in [0.15, 0.2) is 17.5 Å². The number of nitrogens with zero attached hydrogens (tertiary/aromatic N) is 3. The van der Waals surface area contributed by atoms with Gasteiger partial charge in [-0.25, -0.2) is 15.0 Å². The first kappa shape index (κ1) is 34.1. The number of fused-ring (bicyclic) bond motifs is 6. The predicted octanol–water partition coefficient (Wildman–Crippen LogP) is 13.4. The van der Waals surface area contributed by atoms with E-state index in [4.69, 9.17) is 19.4 Å². The van der Waals surface area contributed by atoms with Crippen LogP contribution in [0.4, 0.5) is 0 Å². The highest BCUT2D eigenvalue weighted by Crippen LogP contribution is 2.56. The summed E-state index contributed by atoms with van der Waals surface area (Å²) in [6.45, 7) is 0. The molecule has 0 saturated heterocycles. The third kappa shape index (κ3) is 5.41. The largest absolute Gasteiger partial charge is 0.456 e. The highest BCUT2D eigenvalue weighted by molar-refractivity contribution is 6.12. The van der Waals surface area contributed by atoms with Gasteiger partial charge in [0.1, 0.15) is 11.2 Å². The molecule has 8 aromatic carbocycles. The van der Waals surface area contributed by atoms with E-state index in [1.54, 1.807) is 0 Å². The van der Waals surface area contributed by atoms with Gasteiger partial charge in [0.25, 0.3) is 0 Å². The van der Waals surface area contributed by atoms with Crippen LogP contribution in [0.25, 0.3) is 78.4 Å². The molecule has 4 heteroatoms. The van der Waals surface area contributed by atoms with Gasteiger partial charge < -0.3 is 4.42 Å². The molecule has 11 rings (SSSR count). The van der Waals surface area contributed by atoms with Gasteiger partial charge >= 0.3 is 0 Å². The highest BCUT2D eigenvalue weighted by Gasteiger charge is 2.46. The zero-order valence-electron chi connectivity index (χ0n) is 30.3. The molecular weight excluding hydrogens is 695 g/mol. The molecule has 10 aromatic rings. The van der Waals surface area contributed by atoms with Crippen LogP contribution in [0.1, 0.15) is 29.7 Å². The summed E-state index contributed by atoms with van der Waals surface area (Å²) in [6, 6.07) is 70.4. The van der Waals surface area contributed by atoms with Gasteiger partial charge in [-0.1, -0.05) is 183 Å². The summed E-state index contributed by atoms with van der Waals surface area (Å²) in [5.41, 5.74) is 13.5. The molecule has 0 bridgehead atoms. The molecule has 4 nitrogen and oxygen atoms in total. The zero-order chi connectivity index (χ0) is 37.1. The Morgan fingerprint density at radius 1 is 0.351 bits per heavy atom. The minimum absolute atomic E-state index is 0. The first-order valence-corrected chi connectivity index (χ1v) is 18.9. The Labute approximate surface area is 331 Å². The third-order valence-electron chi connectivity index (χ3n) is 11.2. The van der Waals surface area contributed by atoms with E-state index in [1.807, 2.05) is 48.5 Å². The van der Waals surface area contributed by atoms with Crippen LogP contribution in [0.3, 0.4) is 0 Å². The van der Waals surface area contributed by atoms with Crippen molar-refractivity contribution >= 4 is 21.9 Å². The monoisotopic (exact) mass is 731 g/mol. The molecule has 0 fully saturated rings. The molecule has 0 unspecified atom stereocenters. The lowest BCUT2D eigenvalue weighted by Gasteiger charge is -2.33. The maximum atomic E-state index is 6.63. The van der Waals surface area contributed by atoms with Crippen molar-refractivity contribution in [2.45, 2.75) is 12.8 Å². The Kier molecular flexibility index (Phi) is 8.19. The number of aromatic nitrogens is 3. The molecule has 0 radical (unpaired) electrons. The molecule has 1 aliphatic rings. The van der Waals surface area contributed by atoms with Gasteiger partial charge in [0.05, 0.1) is 5.41 Å². The third-order valence-corrected chi connectivity index (χ3v) is 11.2. The van der Waals surface area contributed by atoms with Crippen LogP contribution < -0.4 is 0 Å². The summed E-state index contributed by atoms with van der Waals surface area (Å²) in [7, 11) is 0. The number of hydrogen-bond donors (Lipinski definition) is 0. The molecule has 1 aliphatic carbocycles. The van der Waals surface area contributed by atoms with Crippen molar-refractivity contribution in [1.82, 2.24) is 15.0 Å². The second-order valence-electron chi connectivity index (χ2n) is 14.3. The van der Waals surface area contributed by atoms with E-state index >= 15 is 0 Å². The van der Waals surface area contributed by atoms with Gasteiger partial charge in [0.2, 0.25) is 0 Å². The number of benzene rings is 8. The zero-order valence-corrected chi connectivity index (χ0v) is 30.3. The first-order valence-electron chi connectivity index (χ1n) is 18.9. The Morgan fingerprint density at radius 2 is 0.877 bits per heavy atom. The minimum atomic E-state index is -0.536. The molecule has 2 heterocycles. The Morgan fingerprint density at radius 3 is 1.58 bits per heavy atom. The smallest absolute Gasteiger partial charge is 0.164 e. The summed E-state index contributed by atoms with van der Waals surface area (Å²) < 4.78 is 6.63. The van der Waals surface area contributed by atoms with Crippen molar-refractivity contribution in [2.24, 2.45) is 0 Å². The van der Waals surface area contributed by atoms with E-state index < -0.39 is 5.41 Å². The molecule has 0 atom stereocenters. The average molecular weight is 732 g/mol. The fraction of sp³-hybridized carbons (Fsp3) is 0.0377. The Bertz CT molecular complexity index is 3030. The second kappa shape index (κ2) is 13.7. The van der Waals surface area contributed by atoms with Gasteiger partial charge in [-0.05, 0) is 68.8 Å². The van der Waals surface area contributed by atoms with Gasteiger partial charge in [0, 0.05) is 27.5 Å². The van der Waals surface area contributed by atoms with E-state index in [2.05, 4.69) is 152 Å². The van der Waals surface area contributed by atoms with Crippen LogP contribution in [0.15, 0.2) is 205 Å². The topological polar surface area (TPSA) is 51.8 Å². The van der Waals surface area contributed by atoms with Gasteiger partial charge in [-0.2, -0.15) is 0 Å². The van der Waals surface area contributed by atoms with Crippen molar-refractivity contribution in [3.05, 3.63) is 222 Å². The standard InChI is InChI=1S/C52H33N3O.CH4/c1-4-16-34(17-5-1)36-20-14-21-37(32-36)50-53-49(35-18-6-2-7-19-35)54-51(55-50)42-26-15-29-47-48(42)43-33-39(30-31-46(43)56-47)52(38-22-8-3-9-23-38)44-27-12-10-24-40(44)41-25-11-13-28-45(41)52;/h1-33H;1H4. The quantitative estimate of drug-likeness (QED) is 0.171. The Balaban J connectivity index is 0.00000396. The fourth-order valence-electron chi connectivity index (χ4n) is 8.77. The minimum Gasteiger partial charge on any atom is -0.456 e. The van der Waals surface area contributed by atoms with E-state index in [9.17, 15) is 0 Å². The fourth-order valence-corrected chi connectivity index (χ4v) is 8.77. The van der Waals surface area contributed by atoms with Crippen LogP contribution in [-0.2, 0) is 5.41 Å². The normalized spacial score (nSPS) is 12.6. The van der Waals surface area contributed by atoms with Crippen molar-refractivity contribution in [1.29, 1.82) is 0 Å². The van der Waals surface area contributed by atoms with E-state index in [1.165, 1.54) is 33.4 Å². The van der Waals surface area contributed by atoms with Crippen LogP contribution >= 0.6 is 0 Å². The van der Waals surface area contributed by atoms with Gasteiger partial charge in [-0.15, -0.1) is 0 Å². The predicted molar refractivity (Wildman–Crippen MR) is 233 cm³/mol. The molecule has 2 aromatic heterocycles. The van der Waals surface area contributed by atoms with Crippen LogP contribution in [0.5, 0.6) is 0 Å². The van der Waals surface area contributed by atoms with Crippen LogP contribution in [0, 0.1) is 0 Å². The lowest BCUT2D eigenvalue weighted by molar-refractivity contribution is 0.668. The lowest BCUT2D eigenvalue weighted by Crippen LogP contribution is -2.28. The summed E-state index contributed by atoms with van der Waals surface area (Å²) in [5, 5.41) is 1.99. The van der Waals surface area contributed by atoms with Crippen molar-refractivity contribution in [3.8, 4) is 56.4 Å². The molecular formula is C53H37N3O.